The van der Waals surface area contributed by atoms with Crippen molar-refractivity contribution in [2.75, 3.05) is 32.5 Å². The van der Waals surface area contributed by atoms with Crippen LogP contribution >= 0.6 is 11.3 Å². The third-order valence-electron chi connectivity index (χ3n) is 4.43. The van der Waals surface area contributed by atoms with E-state index in [4.69, 9.17) is 0 Å². The number of nitrogens with one attached hydrogen (secondary N) is 1. The zero-order valence-electron chi connectivity index (χ0n) is 16.6. The van der Waals surface area contributed by atoms with Crippen molar-refractivity contribution in [3.8, 4) is 0 Å². The molecule has 1 aromatic heterocycles. The molecule has 0 saturated heterocycles. The fraction of sp³-hybridized carbons (Fsp3) is 0.273. The van der Waals surface area contributed by atoms with Gasteiger partial charge in [-0.2, -0.15) is 0 Å². The first-order chi connectivity index (χ1) is 13.5. The number of benzene rings is 2. The summed E-state index contributed by atoms with van der Waals surface area (Å²) in [5.74, 6) is -0.0419. The lowest BCUT2D eigenvalue weighted by molar-refractivity contribution is 0.0727. The van der Waals surface area contributed by atoms with Crippen LogP contribution in [0.15, 0.2) is 60.0 Å². The Kier molecular flexibility index (Phi) is 6.79. The summed E-state index contributed by atoms with van der Waals surface area (Å²) in [5.41, 5.74) is 3.74. The third-order valence-corrected chi connectivity index (χ3v) is 5.19. The number of hydrogen-bond acceptors (Lipinski definition) is 5. The summed E-state index contributed by atoms with van der Waals surface area (Å²) in [6.07, 6.45) is 0. The second kappa shape index (κ2) is 9.48. The Morgan fingerprint density at radius 2 is 1.75 bits per heavy atom. The van der Waals surface area contributed by atoms with E-state index in [0.29, 0.717) is 18.8 Å². The van der Waals surface area contributed by atoms with Crippen LogP contribution in [0.3, 0.4) is 0 Å². The van der Waals surface area contributed by atoms with Crippen LogP contribution in [0, 0.1) is 6.92 Å². The monoisotopic (exact) mass is 394 g/mol. The van der Waals surface area contributed by atoms with Crippen molar-refractivity contribution < 1.29 is 4.79 Å². The van der Waals surface area contributed by atoms with Gasteiger partial charge in [0.2, 0.25) is 0 Å². The summed E-state index contributed by atoms with van der Waals surface area (Å²) < 4.78 is 0. The van der Waals surface area contributed by atoms with Gasteiger partial charge in [-0.25, -0.2) is 4.98 Å². The van der Waals surface area contributed by atoms with E-state index in [1.54, 1.807) is 0 Å². The first-order valence-electron chi connectivity index (χ1n) is 9.29. The molecule has 5 nitrogen and oxygen atoms in total. The van der Waals surface area contributed by atoms with Gasteiger partial charge >= 0.3 is 0 Å². The van der Waals surface area contributed by atoms with Crippen LogP contribution in [0.5, 0.6) is 0 Å². The lowest BCUT2D eigenvalue weighted by Crippen LogP contribution is -2.36. The summed E-state index contributed by atoms with van der Waals surface area (Å²) in [6.45, 7) is 4.08. The van der Waals surface area contributed by atoms with Gasteiger partial charge in [-0.3, -0.25) is 4.79 Å². The lowest BCUT2D eigenvalue weighted by atomic mass is 10.2. The predicted molar refractivity (Wildman–Crippen MR) is 116 cm³/mol. The number of carbonyl (C=O) groups excluding carboxylic acids is 1. The summed E-state index contributed by atoms with van der Waals surface area (Å²) in [4.78, 5) is 21.6. The van der Waals surface area contributed by atoms with E-state index in [9.17, 15) is 4.79 Å². The second-order valence-electron chi connectivity index (χ2n) is 6.99. The van der Waals surface area contributed by atoms with Gasteiger partial charge in [0.25, 0.3) is 5.91 Å². The van der Waals surface area contributed by atoms with Crippen LogP contribution < -0.4 is 5.32 Å². The minimum absolute atomic E-state index is 0.0419. The topological polar surface area (TPSA) is 48.5 Å². The largest absolute Gasteiger partial charge is 0.332 e. The molecule has 1 N–H and O–H groups in total. The minimum Gasteiger partial charge on any atom is -0.332 e. The Hall–Kier alpha value is -2.70. The number of hydrogen-bond donors (Lipinski definition) is 1. The molecular formula is C22H26N4OS. The molecule has 0 saturated carbocycles. The molecule has 3 aromatic rings. The first kappa shape index (κ1) is 20.0. The third kappa shape index (κ3) is 5.41. The van der Waals surface area contributed by atoms with Gasteiger partial charge in [-0.1, -0.05) is 48.5 Å². The lowest BCUT2D eigenvalue weighted by Gasteiger charge is -2.24. The van der Waals surface area contributed by atoms with Gasteiger partial charge in [0.1, 0.15) is 5.69 Å². The maximum absolute atomic E-state index is 13.1. The van der Waals surface area contributed by atoms with E-state index < -0.39 is 0 Å². The number of amides is 1. The van der Waals surface area contributed by atoms with Crippen molar-refractivity contribution in [1.29, 1.82) is 0 Å². The summed E-state index contributed by atoms with van der Waals surface area (Å²) in [7, 11) is 4.02. The molecule has 3 rings (SSSR count). The average molecular weight is 395 g/mol. The zero-order chi connectivity index (χ0) is 19.9. The number of carbonyl (C=O) groups is 1. The molecule has 146 valence electrons. The highest BCUT2D eigenvalue weighted by molar-refractivity contribution is 7.14. The van der Waals surface area contributed by atoms with Crippen LogP contribution in [0.4, 0.5) is 10.8 Å². The summed E-state index contributed by atoms with van der Waals surface area (Å²) >= 11 is 1.45. The van der Waals surface area contributed by atoms with Crippen molar-refractivity contribution in [3.63, 3.8) is 0 Å². The van der Waals surface area contributed by atoms with Gasteiger partial charge in [0, 0.05) is 30.7 Å². The number of thiazole rings is 1. The van der Waals surface area contributed by atoms with Crippen molar-refractivity contribution in [3.05, 3.63) is 76.8 Å². The van der Waals surface area contributed by atoms with Gasteiger partial charge in [0.05, 0.1) is 0 Å². The highest BCUT2D eigenvalue weighted by atomic mass is 32.1. The van der Waals surface area contributed by atoms with Crippen molar-refractivity contribution in [2.45, 2.75) is 13.5 Å². The van der Waals surface area contributed by atoms with E-state index >= 15 is 0 Å². The molecule has 0 aliphatic carbocycles. The van der Waals surface area contributed by atoms with Gasteiger partial charge in [-0.05, 0) is 38.2 Å². The van der Waals surface area contributed by atoms with Crippen LogP contribution in [-0.2, 0) is 6.54 Å². The number of para-hydroxylation sites is 1. The fourth-order valence-electron chi connectivity index (χ4n) is 2.80. The van der Waals surface area contributed by atoms with Gasteiger partial charge < -0.3 is 15.1 Å². The Balaban J connectivity index is 1.74. The van der Waals surface area contributed by atoms with Gasteiger partial charge in [-0.15, -0.1) is 11.3 Å². The zero-order valence-corrected chi connectivity index (χ0v) is 17.4. The maximum atomic E-state index is 13.1. The Labute approximate surface area is 170 Å². The molecule has 0 radical (unpaired) electrons. The molecule has 6 heteroatoms. The smallest absolute Gasteiger partial charge is 0.273 e. The molecule has 0 aliphatic heterocycles. The Morgan fingerprint density at radius 1 is 1.04 bits per heavy atom. The quantitative estimate of drug-likeness (QED) is 0.615. The minimum atomic E-state index is -0.0419. The number of anilines is 2. The molecule has 1 heterocycles. The molecule has 0 aliphatic rings. The molecule has 28 heavy (non-hydrogen) atoms. The molecule has 0 bridgehead atoms. The van der Waals surface area contributed by atoms with E-state index in [-0.39, 0.29) is 5.91 Å². The molecule has 1 amide bonds. The molecule has 0 atom stereocenters. The number of aryl methyl sites for hydroxylation is 1. The van der Waals surface area contributed by atoms with Crippen molar-refractivity contribution in [2.24, 2.45) is 0 Å². The molecule has 0 spiro atoms. The maximum Gasteiger partial charge on any atom is 0.273 e. The van der Waals surface area contributed by atoms with Crippen molar-refractivity contribution >= 4 is 28.1 Å². The summed E-state index contributed by atoms with van der Waals surface area (Å²) in [6, 6.07) is 18.1. The van der Waals surface area contributed by atoms with E-state index in [1.165, 1.54) is 11.3 Å². The van der Waals surface area contributed by atoms with Crippen LogP contribution in [0.1, 0.15) is 21.6 Å². The van der Waals surface area contributed by atoms with Crippen LogP contribution in [-0.4, -0.2) is 47.9 Å². The number of nitrogens with zero attached hydrogens (tertiary/aromatic N) is 3. The molecule has 0 fully saturated rings. The summed E-state index contributed by atoms with van der Waals surface area (Å²) in [5, 5.41) is 5.87. The number of likely N-dealkylation sites (N-methyl/N-ethyl adjacent to an activating group) is 1. The standard InChI is InChI=1S/C22H26N4OS/c1-17-9-7-8-12-19(17)23-22-24-20(16-28-22)21(27)26(14-13-25(2)3)15-18-10-5-4-6-11-18/h4-12,16H,13-15H2,1-3H3,(H,23,24). The van der Waals surface area contributed by atoms with Crippen LogP contribution in [0.25, 0.3) is 0 Å². The molecule has 0 unspecified atom stereocenters. The number of rotatable bonds is 8. The molecular weight excluding hydrogens is 368 g/mol. The first-order valence-corrected chi connectivity index (χ1v) is 10.2. The normalized spacial score (nSPS) is 10.9. The highest BCUT2D eigenvalue weighted by Crippen LogP contribution is 2.24. The van der Waals surface area contributed by atoms with E-state index in [1.807, 2.05) is 85.9 Å². The van der Waals surface area contributed by atoms with E-state index in [0.717, 1.165) is 28.5 Å². The average Bonchev–Trinajstić information content (AvgIpc) is 3.15. The predicted octanol–water partition coefficient (Wildman–Crippen LogP) is 4.40. The Morgan fingerprint density at radius 3 is 2.46 bits per heavy atom. The molecule has 2 aromatic carbocycles. The SMILES string of the molecule is Cc1ccccc1Nc1nc(C(=O)N(CCN(C)C)Cc2ccccc2)cs1. The Bertz CT molecular complexity index is 908. The highest BCUT2D eigenvalue weighted by Gasteiger charge is 2.19. The van der Waals surface area contributed by atoms with Crippen molar-refractivity contribution in [1.82, 2.24) is 14.8 Å². The van der Waals surface area contributed by atoms with Crippen LogP contribution in [0.2, 0.25) is 0 Å². The van der Waals surface area contributed by atoms with E-state index in [2.05, 4.69) is 15.2 Å². The second-order valence-corrected chi connectivity index (χ2v) is 7.85. The fourth-order valence-corrected chi connectivity index (χ4v) is 3.49. The van der Waals surface area contributed by atoms with Gasteiger partial charge in [0.15, 0.2) is 5.13 Å². The number of aromatic nitrogens is 1.